The number of hydrogen-bond donors (Lipinski definition) is 2. The number of carboxylic acid groups (broad SMARTS) is 1. The zero-order valence-corrected chi connectivity index (χ0v) is 14.9. The largest absolute Gasteiger partial charge is 0.481 e. The molecule has 0 saturated carbocycles. The molecule has 0 radical (unpaired) electrons. The number of amides is 2. The van der Waals surface area contributed by atoms with Crippen LogP contribution in [0.2, 0.25) is 0 Å². The van der Waals surface area contributed by atoms with Crippen LogP contribution in [0.5, 0.6) is 11.5 Å². The number of nitrogens with zero attached hydrogens (tertiary/aromatic N) is 2. The van der Waals surface area contributed by atoms with E-state index in [1.54, 1.807) is 29.2 Å². The number of carboxylic acids is 1. The summed E-state index contributed by atoms with van der Waals surface area (Å²) in [7, 11) is 0. The first-order valence-electron chi connectivity index (χ1n) is 8.73. The molecular formula is C19H19N3O6. The van der Waals surface area contributed by atoms with Gasteiger partial charge in [-0.15, -0.1) is 0 Å². The van der Waals surface area contributed by atoms with Crippen molar-refractivity contribution in [3.8, 4) is 11.5 Å². The molecule has 1 aliphatic heterocycles. The van der Waals surface area contributed by atoms with Gasteiger partial charge in [-0.25, -0.2) is 4.79 Å². The van der Waals surface area contributed by atoms with Crippen molar-refractivity contribution in [2.75, 3.05) is 18.4 Å². The Hall–Kier alpha value is -3.62. The number of nitro benzene ring substituents is 1. The molecule has 0 aliphatic carbocycles. The average molecular weight is 385 g/mol. The van der Waals surface area contributed by atoms with Crippen LogP contribution in [-0.2, 0) is 4.79 Å². The summed E-state index contributed by atoms with van der Waals surface area (Å²) in [5, 5.41) is 22.5. The van der Waals surface area contributed by atoms with Crippen molar-refractivity contribution in [1.29, 1.82) is 0 Å². The topological polar surface area (TPSA) is 122 Å². The number of likely N-dealkylation sites (tertiary alicyclic amines) is 1. The van der Waals surface area contributed by atoms with E-state index in [-0.39, 0.29) is 11.7 Å². The summed E-state index contributed by atoms with van der Waals surface area (Å²) in [6.45, 7) is 0.781. The predicted molar refractivity (Wildman–Crippen MR) is 101 cm³/mol. The number of anilines is 1. The van der Waals surface area contributed by atoms with Crippen LogP contribution in [-0.4, -0.2) is 40.0 Å². The van der Waals surface area contributed by atoms with Crippen LogP contribution >= 0.6 is 0 Å². The van der Waals surface area contributed by atoms with Gasteiger partial charge in [0.25, 0.3) is 5.69 Å². The molecular weight excluding hydrogens is 366 g/mol. The Balaban J connectivity index is 1.59. The van der Waals surface area contributed by atoms with Gasteiger partial charge in [-0.1, -0.05) is 6.07 Å². The molecule has 2 N–H and O–H groups in total. The fraction of sp³-hybridized carbons (Fsp3) is 0.263. The molecule has 3 rings (SSSR count). The van der Waals surface area contributed by atoms with E-state index in [1.807, 2.05) is 0 Å². The maximum atomic E-state index is 12.4. The van der Waals surface area contributed by atoms with Crippen LogP contribution in [0.3, 0.4) is 0 Å². The number of urea groups is 1. The first-order valence-corrected chi connectivity index (χ1v) is 8.73. The van der Waals surface area contributed by atoms with E-state index in [0.29, 0.717) is 43.1 Å². The van der Waals surface area contributed by atoms with Crippen molar-refractivity contribution in [3.05, 3.63) is 58.6 Å². The number of carbonyl (C=O) groups is 2. The van der Waals surface area contributed by atoms with Gasteiger partial charge < -0.3 is 20.1 Å². The number of benzene rings is 2. The third kappa shape index (κ3) is 4.76. The summed E-state index contributed by atoms with van der Waals surface area (Å²) >= 11 is 0. The number of nitrogens with one attached hydrogen (secondary N) is 1. The molecule has 2 aromatic carbocycles. The highest BCUT2D eigenvalue weighted by Gasteiger charge is 2.27. The van der Waals surface area contributed by atoms with E-state index in [2.05, 4.69) is 5.32 Å². The number of rotatable bonds is 5. The molecule has 28 heavy (non-hydrogen) atoms. The van der Waals surface area contributed by atoms with Crippen molar-refractivity contribution < 1.29 is 24.4 Å². The average Bonchev–Trinajstić information content (AvgIpc) is 2.68. The van der Waals surface area contributed by atoms with Gasteiger partial charge in [-0.3, -0.25) is 14.9 Å². The highest BCUT2D eigenvalue weighted by atomic mass is 16.6. The lowest BCUT2D eigenvalue weighted by molar-refractivity contribution is -0.384. The molecule has 0 unspecified atom stereocenters. The van der Waals surface area contributed by atoms with Gasteiger partial charge in [0.2, 0.25) is 0 Å². The van der Waals surface area contributed by atoms with E-state index in [0.717, 1.165) is 0 Å². The Bertz CT molecular complexity index is 875. The number of non-ortho nitro benzene ring substituents is 1. The Morgan fingerprint density at radius 1 is 1.11 bits per heavy atom. The second kappa shape index (κ2) is 8.38. The second-order valence-corrected chi connectivity index (χ2v) is 6.41. The first kappa shape index (κ1) is 19.2. The minimum absolute atomic E-state index is 0.0277. The number of carbonyl (C=O) groups excluding carboxylic acids is 1. The van der Waals surface area contributed by atoms with Crippen molar-refractivity contribution in [3.63, 3.8) is 0 Å². The number of hydrogen-bond acceptors (Lipinski definition) is 5. The van der Waals surface area contributed by atoms with Crippen LogP contribution in [0.25, 0.3) is 0 Å². The van der Waals surface area contributed by atoms with Gasteiger partial charge in [-0.2, -0.15) is 0 Å². The standard InChI is InChI=1S/C19H19N3O6/c23-18(24)13-8-10-21(11-9-13)19(25)20-14-2-1-3-17(12-14)28-16-6-4-15(5-7-16)22(26)27/h1-7,12-13H,8-11H2,(H,20,25)(H,23,24). The highest BCUT2D eigenvalue weighted by molar-refractivity contribution is 5.89. The van der Waals surface area contributed by atoms with Gasteiger partial charge in [0.05, 0.1) is 10.8 Å². The zero-order valence-electron chi connectivity index (χ0n) is 14.9. The number of ether oxygens (including phenoxy) is 1. The van der Waals surface area contributed by atoms with Crippen LogP contribution < -0.4 is 10.1 Å². The molecule has 2 aromatic rings. The van der Waals surface area contributed by atoms with Gasteiger partial charge >= 0.3 is 12.0 Å². The number of piperidine rings is 1. The van der Waals surface area contributed by atoms with Gasteiger partial charge in [0.15, 0.2) is 0 Å². The van der Waals surface area contributed by atoms with Crippen LogP contribution in [0, 0.1) is 16.0 Å². The number of nitro groups is 1. The van der Waals surface area contributed by atoms with Crippen LogP contribution in [0.1, 0.15) is 12.8 Å². The molecule has 146 valence electrons. The summed E-state index contributed by atoms with van der Waals surface area (Å²) in [4.78, 5) is 35.2. The Labute approximate surface area is 160 Å². The maximum Gasteiger partial charge on any atom is 0.321 e. The minimum Gasteiger partial charge on any atom is -0.481 e. The van der Waals surface area contributed by atoms with Gasteiger partial charge in [0.1, 0.15) is 11.5 Å². The summed E-state index contributed by atoms with van der Waals surface area (Å²) in [5.41, 5.74) is 0.504. The third-order valence-electron chi connectivity index (χ3n) is 4.50. The molecule has 1 aliphatic rings. The third-order valence-corrected chi connectivity index (χ3v) is 4.50. The quantitative estimate of drug-likeness (QED) is 0.597. The molecule has 0 bridgehead atoms. The summed E-state index contributed by atoms with van der Waals surface area (Å²) in [6.07, 6.45) is 0.873. The first-order chi connectivity index (χ1) is 13.4. The molecule has 0 spiro atoms. The molecule has 1 saturated heterocycles. The summed E-state index contributed by atoms with van der Waals surface area (Å²) in [6, 6.07) is 12.2. The van der Waals surface area contributed by atoms with Gasteiger partial charge in [-0.05, 0) is 37.1 Å². The Kier molecular flexibility index (Phi) is 5.73. The van der Waals surface area contributed by atoms with Crippen molar-refractivity contribution in [2.24, 2.45) is 5.92 Å². The number of aliphatic carboxylic acids is 1. The molecule has 0 aromatic heterocycles. The SMILES string of the molecule is O=C(O)C1CCN(C(=O)Nc2cccc(Oc3ccc([N+](=O)[O-])cc3)c2)CC1. The second-order valence-electron chi connectivity index (χ2n) is 6.41. The summed E-state index contributed by atoms with van der Waals surface area (Å²) in [5.74, 6) is -0.320. The van der Waals surface area contributed by atoms with E-state index in [4.69, 9.17) is 9.84 Å². The molecule has 9 nitrogen and oxygen atoms in total. The van der Waals surface area contributed by atoms with Crippen molar-refractivity contribution >= 4 is 23.4 Å². The van der Waals surface area contributed by atoms with E-state index >= 15 is 0 Å². The normalized spacial score (nSPS) is 14.4. The summed E-state index contributed by atoms with van der Waals surface area (Å²) < 4.78 is 5.67. The van der Waals surface area contributed by atoms with E-state index < -0.39 is 16.8 Å². The maximum absolute atomic E-state index is 12.4. The van der Waals surface area contributed by atoms with E-state index in [1.165, 1.54) is 24.3 Å². The fourth-order valence-electron chi connectivity index (χ4n) is 2.94. The zero-order chi connectivity index (χ0) is 20.1. The highest BCUT2D eigenvalue weighted by Crippen LogP contribution is 2.26. The fourth-order valence-corrected chi connectivity index (χ4v) is 2.94. The molecule has 1 fully saturated rings. The Morgan fingerprint density at radius 3 is 2.39 bits per heavy atom. The van der Waals surface area contributed by atoms with Crippen LogP contribution in [0.4, 0.5) is 16.2 Å². The predicted octanol–water partition coefficient (Wildman–Crippen LogP) is 3.72. The van der Waals surface area contributed by atoms with Gasteiger partial charge in [0, 0.05) is 37.0 Å². The van der Waals surface area contributed by atoms with Crippen molar-refractivity contribution in [2.45, 2.75) is 12.8 Å². The monoisotopic (exact) mass is 385 g/mol. The minimum atomic E-state index is -0.823. The molecule has 2 amide bonds. The van der Waals surface area contributed by atoms with Crippen LogP contribution in [0.15, 0.2) is 48.5 Å². The lowest BCUT2D eigenvalue weighted by Gasteiger charge is -2.30. The van der Waals surface area contributed by atoms with E-state index in [9.17, 15) is 19.7 Å². The van der Waals surface area contributed by atoms with Crippen molar-refractivity contribution in [1.82, 2.24) is 4.90 Å². The lowest BCUT2D eigenvalue weighted by Crippen LogP contribution is -2.42. The molecule has 9 heteroatoms. The lowest BCUT2D eigenvalue weighted by atomic mass is 9.97. The Morgan fingerprint density at radius 2 is 1.79 bits per heavy atom. The smallest absolute Gasteiger partial charge is 0.321 e. The molecule has 0 atom stereocenters. The molecule has 1 heterocycles.